The van der Waals surface area contributed by atoms with Crippen molar-refractivity contribution in [1.29, 1.82) is 0 Å². The molecule has 0 atom stereocenters. The molecule has 2 N–H and O–H groups in total. The number of imide groups is 1. The highest BCUT2D eigenvalue weighted by Crippen LogP contribution is 2.34. The Morgan fingerprint density at radius 2 is 1.56 bits per heavy atom. The van der Waals surface area contributed by atoms with Crippen LogP contribution in [0, 0.1) is 0 Å². The van der Waals surface area contributed by atoms with E-state index in [1.165, 1.54) is 33.5 Å². The van der Waals surface area contributed by atoms with Gasteiger partial charge in [0.15, 0.2) is 18.1 Å². The lowest BCUT2D eigenvalue weighted by Gasteiger charge is -2.13. The van der Waals surface area contributed by atoms with Gasteiger partial charge in [-0.3, -0.25) is 10.1 Å². The van der Waals surface area contributed by atoms with E-state index in [0.29, 0.717) is 18.0 Å². The van der Waals surface area contributed by atoms with E-state index < -0.39 is 24.5 Å². The zero-order valence-corrected chi connectivity index (χ0v) is 14.6. The van der Waals surface area contributed by atoms with Gasteiger partial charge in [0, 0.05) is 18.7 Å². The standard InChI is InChI=1S/C16H22N2O7/c1-5-6-17-16(21)18-14(19)9-25-15(20)10-7-12(23-3)13(24-4)8-11(10)22-2/h7-8H,5-6,9H2,1-4H3,(H2,17,18,19,21). The van der Waals surface area contributed by atoms with Gasteiger partial charge in [-0.25, -0.2) is 9.59 Å². The lowest BCUT2D eigenvalue weighted by atomic mass is 10.1. The highest BCUT2D eigenvalue weighted by atomic mass is 16.5. The molecule has 0 saturated heterocycles. The zero-order valence-electron chi connectivity index (χ0n) is 14.6. The quantitative estimate of drug-likeness (QED) is 0.672. The van der Waals surface area contributed by atoms with E-state index >= 15 is 0 Å². The molecule has 0 saturated carbocycles. The number of benzene rings is 1. The van der Waals surface area contributed by atoms with Crippen LogP contribution in [-0.2, 0) is 9.53 Å². The second-order valence-corrected chi connectivity index (χ2v) is 4.79. The Morgan fingerprint density at radius 1 is 0.960 bits per heavy atom. The van der Waals surface area contributed by atoms with Gasteiger partial charge in [0.05, 0.1) is 21.3 Å². The van der Waals surface area contributed by atoms with E-state index in [4.69, 9.17) is 18.9 Å². The Morgan fingerprint density at radius 3 is 2.12 bits per heavy atom. The number of carbonyl (C=O) groups excluding carboxylic acids is 3. The maximum absolute atomic E-state index is 12.2. The van der Waals surface area contributed by atoms with Gasteiger partial charge in [-0.15, -0.1) is 0 Å². The number of hydrogen-bond acceptors (Lipinski definition) is 7. The van der Waals surface area contributed by atoms with E-state index in [9.17, 15) is 14.4 Å². The Hall–Kier alpha value is -2.97. The fourth-order valence-corrected chi connectivity index (χ4v) is 1.84. The average Bonchev–Trinajstić information content (AvgIpc) is 2.62. The van der Waals surface area contributed by atoms with Gasteiger partial charge in [-0.1, -0.05) is 6.92 Å². The minimum absolute atomic E-state index is 0.0587. The second kappa shape index (κ2) is 10.0. The monoisotopic (exact) mass is 354 g/mol. The van der Waals surface area contributed by atoms with Gasteiger partial charge in [0.2, 0.25) is 0 Å². The molecule has 0 aromatic heterocycles. The number of rotatable bonds is 8. The molecule has 25 heavy (non-hydrogen) atoms. The molecule has 0 aliphatic heterocycles. The first-order valence-electron chi connectivity index (χ1n) is 7.51. The van der Waals surface area contributed by atoms with Crippen LogP contribution in [0.5, 0.6) is 17.2 Å². The van der Waals surface area contributed by atoms with Gasteiger partial charge in [0.1, 0.15) is 11.3 Å². The molecule has 3 amide bonds. The van der Waals surface area contributed by atoms with Crippen molar-refractivity contribution >= 4 is 17.9 Å². The largest absolute Gasteiger partial charge is 0.496 e. The van der Waals surface area contributed by atoms with Gasteiger partial charge in [0.25, 0.3) is 5.91 Å². The summed E-state index contributed by atoms with van der Waals surface area (Å²) in [5.74, 6) is -0.674. The summed E-state index contributed by atoms with van der Waals surface area (Å²) in [5.41, 5.74) is 0.0587. The third kappa shape index (κ3) is 5.87. The molecular weight excluding hydrogens is 332 g/mol. The summed E-state index contributed by atoms with van der Waals surface area (Å²) in [4.78, 5) is 35.1. The van der Waals surface area contributed by atoms with E-state index in [1.807, 2.05) is 12.2 Å². The van der Waals surface area contributed by atoms with E-state index in [-0.39, 0.29) is 11.3 Å². The van der Waals surface area contributed by atoms with Crippen molar-refractivity contribution in [2.75, 3.05) is 34.5 Å². The van der Waals surface area contributed by atoms with Crippen molar-refractivity contribution in [3.8, 4) is 17.2 Å². The van der Waals surface area contributed by atoms with Crippen LogP contribution in [0.4, 0.5) is 4.79 Å². The van der Waals surface area contributed by atoms with Crippen LogP contribution in [0.3, 0.4) is 0 Å². The molecule has 0 radical (unpaired) electrons. The van der Waals surface area contributed by atoms with Crippen molar-refractivity contribution in [2.24, 2.45) is 0 Å². The Kier molecular flexibility index (Phi) is 8.04. The van der Waals surface area contributed by atoms with Gasteiger partial charge in [-0.2, -0.15) is 0 Å². The van der Waals surface area contributed by atoms with Crippen LogP contribution < -0.4 is 24.8 Å². The lowest BCUT2D eigenvalue weighted by Crippen LogP contribution is -2.41. The third-order valence-corrected chi connectivity index (χ3v) is 3.05. The maximum atomic E-state index is 12.2. The smallest absolute Gasteiger partial charge is 0.342 e. The first kappa shape index (κ1) is 20.1. The molecule has 0 heterocycles. The van der Waals surface area contributed by atoms with Crippen LogP contribution in [0.1, 0.15) is 23.7 Å². The molecule has 1 aromatic carbocycles. The molecule has 138 valence electrons. The van der Waals surface area contributed by atoms with E-state index in [0.717, 1.165) is 6.42 Å². The molecule has 9 heteroatoms. The number of urea groups is 1. The van der Waals surface area contributed by atoms with Crippen LogP contribution in [0.2, 0.25) is 0 Å². The molecule has 0 spiro atoms. The van der Waals surface area contributed by atoms with Crippen molar-refractivity contribution in [2.45, 2.75) is 13.3 Å². The summed E-state index contributed by atoms with van der Waals surface area (Å²) in [6.45, 7) is 1.69. The lowest BCUT2D eigenvalue weighted by molar-refractivity contribution is -0.123. The molecular formula is C16H22N2O7. The van der Waals surface area contributed by atoms with Gasteiger partial charge >= 0.3 is 12.0 Å². The Bertz CT molecular complexity index is 631. The summed E-state index contributed by atoms with van der Waals surface area (Å²) in [6.07, 6.45) is 0.732. The number of esters is 1. The van der Waals surface area contributed by atoms with Crippen LogP contribution >= 0.6 is 0 Å². The number of hydrogen-bond donors (Lipinski definition) is 2. The van der Waals surface area contributed by atoms with Crippen molar-refractivity contribution in [1.82, 2.24) is 10.6 Å². The summed E-state index contributed by atoms with van der Waals surface area (Å²) in [5, 5.41) is 4.52. The summed E-state index contributed by atoms with van der Waals surface area (Å²) >= 11 is 0. The predicted octanol–water partition coefficient (Wildman–Crippen LogP) is 1.10. The minimum atomic E-state index is -0.804. The number of methoxy groups -OCH3 is 3. The number of nitrogens with one attached hydrogen (secondary N) is 2. The van der Waals surface area contributed by atoms with E-state index in [2.05, 4.69) is 5.32 Å². The maximum Gasteiger partial charge on any atom is 0.342 e. The van der Waals surface area contributed by atoms with Crippen molar-refractivity contribution in [3.63, 3.8) is 0 Å². The van der Waals surface area contributed by atoms with Crippen molar-refractivity contribution < 1.29 is 33.3 Å². The van der Waals surface area contributed by atoms with Crippen molar-refractivity contribution in [3.05, 3.63) is 17.7 Å². The first-order valence-corrected chi connectivity index (χ1v) is 7.51. The molecule has 0 fully saturated rings. The van der Waals surface area contributed by atoms with Gasteiger partial charge < -0.3 is 24.3 Å². The van der Waals surface area contributed by atoms with Gasteiger partial charge in [-0.05, 0) is 6.42 Å². The van der Waals surface area contributed by atoms with Crippen LogP contribution in [-0.4, -0.2) is 52.4 Å². The highest BCUT2D eigenvalue weighted by molar-refractivity contribution is 5.98. The average molecular weight is 354 g/mol. The Labute approximate surface area is 145 Å². The molecule has 0 aliphatic rings. The van der Waals surface area contributed by atoms with Crippen LogP contribution in [0.25, 0.3) is 0 Å². The molecule has 0 bridgehead atoms. The second-order valence-electron chi connectivity index (χ2n) is 4.79. The molecule has 1 rings (SSSR count). The normalized spacial score (nSPS) is 9.76. The fourth-order valence-electron chi connectivity index (χ4n) is 1.84. The number of ether oxygens (including phenoxy) is 4. The van der Waals surface area contributed by atoms with Crippen LogP contribution in [0.15, 0.2) is 12.1 Å². The van der Waals surface area contributed by atoms with E-state index in [1.54, 1.807) is 0 Å². The zero-order chi connectivity index (χ0) is 18.8. The molecule has 1 aromatic rings. The molecule has 9 nitrogen and oxygen atoms in total. The SMILES string of the molecule is CCCNC(=O)NC(=O)COC(=O)c1cc(OC)c(OC)cc1OC. The number of amides is 3. The third-order valence-electron chi connectivity index (χ3n) is 3.05. The topological polar surface area (TPSA) is 112 Å². The highest BCUT2D eigenvalue weighted by Gasteiger charge is 2.20. The predicted molar refractivity (Wildman–Crippen MR) is 88.2 cm³/mol. The summed E-state index contributed by atoms with van der Waals surface area (Å²) in [6, 6.07) is 2.20. The molecule has 0 aliphatic carbocycles. The fraction of sp³-hybridized carbons (Fsp3) is 0.438. The number of carbonyl (C=O) groups is 3. The first-order chi connectivity index (χ1) is 12.0. The minimum Gasteiger partial charge on any atom is -0.496 e. The molecule has 0 unspecified atom stereocenters. The summed E-state index contributed by atoms with van der Waals surface area (Å²) in [7, 11) is 4.24. The summed E-state index contributed by atoms with van der Waals surface area (Å²) < 4.78 is 20.3. The Balaban J connectivity index is 2.74.